The summed E-state index contributed by atoms with van der Waals surface area (Å²) in [6, 6.07) is 25.3. The topological polar surface area (TPSA) is 70.7 Å². The summed E-state index contributed by atoms with van der Waals surface area (Å²) >= 11 is 0. The third-order valence-electron chi connectivity index (χ3n) is 5.58. The first-order valence-corrected chi connectivity index (χ1v) is 10.8. The van der Waals surface area contributed by atoms with Crippen LogP contribution in [0.15, 0.2) is 79.0 Å². The molecule has 0 saturated carbocycles. The van der Waals surface area contributed by atoms with Gasteiger partial charge in [0.2, 0.25) is 0 Å². The lowest BCUT2D eigenvalue weighted by molar-refractivity contribution is -0.192. The Morgan fingerprint density at radius 3 is 2.26 bits per heavy atom. The monoisotopic (exact) mass is 468 g/mol. The summed E-state index contributed by atoms with van der Waals surface area (Å²) in [5.74, 6) is -1.38. The molecule has 1 N–H and O–H groups in total. The van der Waals surface area contributed by atoms with Gasteiger partial charge in [-0.15, -0.1) is 0 Å². The van der Waals surface area contributed by atoms with Crippen molar-refractivity contribution >= 4 is 11.6 Å². The summed E-state index contributed by atoms with van der Waals surface area (Å²) in [6.45, 7) is 3.13. The fourth-order valence-electron chi connectivity index (χ4n) is 3.90. The second-order valence-electron chi connectivity index (χ2n) is 8.07. The highest BCUT2D eigenvalue weighted by Gasteiger charge is 2.38. The van der Waals surface area contributed by atoms with Gasteiger partial charge in [0, 0.05) is 30.8 Å². The quantitative estimate of drug-likeness (QED) is 0.456. The Bertz CT molecular complexity index is 1240. The van der Waals surface area contributed by atoms with E-state index in [4.69, 9.17) is 20.0 Å². The summed E-state index contributed by atoms with van der Waals surface area (Å²) in [4.78, 5) is 16.2. The molecule has 3 heterocycles. The summed E-state index contributed by atoms with van der Waals surface area (Å²) in [5, 5.41) is 11.9. The zero-order valence-electron chi connectivity index (χ0n) is 18.2. The van der Waals surface area contributed by atoms with Crippen molar-refractivity contribution in [3.63, 3.8) is 0 Å². The lowest BCUT2D eigenvalue weighted by Gasteiger charge is -2.15. The molecule has 0 spiro atoms. The van der Waals surface area contributed by atoms with E-state index in [1.165, 1.54) is 11.1 Å². The first-order valence-electron chi connectivity index (χ1n) is 10.8. The molecule has 1 aliphatic heterocycles. The molecule has 1 unspecified atom stereocenters. The largest absolute Gasteiger partial charge is 0.490 e. The predicted octanol–water partition coefficient (Wildman–Crippen LogP) is 5.02. The van der Waals surface area contributed by atoms with Crippen LogP contribution >= 0.6 is 0 Å². The number of likely N-dealkylation sites (tertiary alicyclic amines) is 1. The molecule has 0 bridgehead atoms. The number of halogens is 3. The van der Waals surface area contributed by atoms with Crippen molar-refractivity contribution in [2.24, 2.45) is 0 Å². The summed E-state index contributed by atoms with van der Waals surface area (Å²) in [5.41, 5.74) is 4.66. The molecule has 2 aromatic carbocycles. The number of aromatic nitrogens is 3. The van der Waals surface area contributed by atoms with Gasteiger partial charge in [0.05, 0.1) is 0 Å². The molecular formula is C25H23F3N4O2. The third kappa shape index (κ3) is 5.79. The van der Waals surface area contributed by atoms with Gasteiger partial charge >= 0.3 is 12.1 Å². The Kier molecular flexibility index (Phi) is 6.93. The van der Waals surface area contributed by atoms with Gasteiger partial charge in [0.1, 0.15) is 0 Å². The molecule has 1 atom stereocenters. The fraction of sp³-hybridized carbons (Fsp3) is 0.240. The lowest BCUT2D eigenvalue weighted by Crippen LogP contribution is -2.21. The van der Waals surface area contributed by atoms with Gasteiger partial charge in [-0.25, -0.2) is 14.3 Å². The minimum Gasteiger partial charge on any atom is -0.475 e. The van der Waals surface area contributed by atoms with Crippen LogP contribution in [0.5, 0.6) is 0 Å². The molecule has 1 fully saturated rings. The molecule has 176 valence electrons. The maximum Gasteiger partial charge on any atom is 0.490 e. The molecule has 0 radical (unpaired) electrons. The van der Waals surface area contributed by atoms with E-state index in [1.54, 1.807) is 0 Å². The number of hydrogen-bond donors (Lipinski definition) is 1. The van der Waals surface area contributed by atoms with Crippen molar-refractivity contribution in [3.8, 4) is 11.1 Å². The summed E-state index contributed by atoms with van der Waals surface area (Å²) in [6.07, 6.45) is -1.88. The number of benzene rings is 2. The van der Waals surface area contributed by atoms with Crippen molar-refractivity contribution in [2.45, 2.75) is 25.1 Å². The average molecular weight is 468 g/mol. The lowest BCUT2D eigenvalue weighted by atomic mass is 10.1. The van der Waals surface area contributed by atoms with Crippen LogP contribution in [-0.2, 0) is 11.3 Å². The van der Waals surface area contributed by atoms with Crippen LogP contribution < -0.4 is 0 Å². The number of carbonyl (C=O) groups is 1. The van der Waals surface area contributed by atoms with Gasteiger partial charge < -0.3 is 5.11 Å². The smallest absolute Gasteiger partial charge is 0.475 e. The highest BCUT2D eigenvalue weighted by Crippen LogP contribution is 2.27. The Labute approximate surface area is 194 Å². The van der Waals surface area contributed by atoms with E-state index >= 15 is 0 Å². The van der Waals surface area contributed by atoms with E-state index in [-0.39, 0.29) is 0 Å². The maximum absolute atomic E-state index is 10.6. The molecule has 6 nitrogen and oxygen atoms in total. The molecular weight excluding hydrogens is 445 g/mol. The Morgan fingerprint density at radius 1 is 0.971 bits per heavy atom. The van der Waals surface area contributed by atoms with Crippen LogP contribution in [0.3, 0.4) is 0 Å². The number of carboxylic acids is 1. The maximum atomic E-state index is 10.6. The zero-order chi connectivity index (χ0) is 24.1. The Hall–Kier alpha value is -3.72. The summed E-state index contributed by atoms with van der Waals surface area (Å²) in [7, 11) is 0. The van der Waals surface area contributed by atoms with E-state index in [2.05, 4.69) is 77.8 Å². The van der Waals surface area contributed by atoms with E-state index in [1.807, 2.05) is 10.6 Å². The second-order valence-corrected chi connectivity index (χ2v) is 8.07. The van der Waals surface area contributed by atoms with Crippen LogP contribution in [0.4, 0.5) is 13.2 Å². The minimum atomic E-state index is -5.08. The number of nitrogens with zero attached hydrogens (tertiary/aromatic N) is 4. The third-order valence-corrected chi connectivity index (χ3v) is 5.58. The number of carboxylic acid groups (broad SMARTS) is 1. The standard InChI is InChI=1S/C23H22N4.C2HF3O2/c1-3-7-18(8-4-1)15-26-14-13-21(16-26)23-24-22-12-11-20(17-27(22)25-23)19-9-5-2-6-10-19;3-2(4,5)1(6)7/h1-12,17,21H,13-16H2;(H,6,7). The number of pyridine rings is 1. The van der Waals surface area contributed by atoms with E-state index in [0.717, 1.165) is 43.1 Å². The van der Waals surface area contributed by atoms with Crippen molar-refractivity contribution in [1.29, 1.82) is 0 Å². The first kappa shape index (κ1) is 23.4. The molecule has 1 aliphatic rings. The van der Waals surface area contributed by atoms with Crippen LogP contribution in [0.25, 0.3) is 16.8 Å². The Balaban J connectivity index is 0.000000344. The number of rotatable bonds is 4. The van der Waals surface area contributed by atoms with Crippen LogP contribution in [0, 0.1) is 0 Å². The zero-order valence-corrected chi connectivity index (χ0v) is 18.2. The van der Waals surface area contributed by atoms with E-state index in [0.29, 0.717) is 5.92 Å². The van der Waals surface area contributed by atoms with Gasteiger partial charge in [-0.05, 0) is 36.2 Å². The molecule has 0 amide bonds. The second kappa shape index (κ2) is 10.0. The molecule has 1 saturated heterocycles. The molecule has 4 aromatic rings. The van der Waals surface area contributed by atoms with Crippen molar-refractivity contribution < 1.29 is 23.1 Å². The normalized spacial score (nSPS) is 16.3. The van der Waals surface area contributed by atoms with Gasteiger partial charge in [0.15, 0.2) is 11.5 Å². The van der Waals surface area contributed by atoms with Gasteiger partial charge in [0.25, 0.3) is 0 Å². The predicted molar refractivity (Wildman–Crippen MR) is 121 cm³/mol. The van der Waals surface area contributed by atoms with Gasteiger partial charge in [-0.3, -0.25) is 4.90 Å². The van der Waals surface area contributed by atoms with E-state index in [9.17, 15) is 13.2 Å². The highest BCUT2D eigenvalue weighted by molar-refractivity contribution is 5.73. The van der Waals surface area contributed by atoms with Crippen LogP contribution in [0.2, 0.25) is 0 Å². The average Bonchev–Trinajstić information content (AvgIpc) is 3.46. The molecule has 5 rings (SSSR count). The first-order chi connectivity index (χ1) is 16.3. The van der Waals surface area contributed by atoms with Gasteiger partial charge in [-0.1, -0.05) is 60.7 Å². The fourth-order valence-corrected chi connectivity index (χ4v) is 3.90. The SMILES string of the molecule is O=C(O)C(F)(F)F.c1ccc(CN2CCC(c3nc4ccc(-c5ccccc5)cn4n3)C2)cc1. The van der Waals surface area contributed by atoms with E-state index < -0.39 is 12.1 Å². The number of aliphatic carboxylic acids is 1. The highest BCUT2D eigenvalue weighted by atomic mass is 19.4. The van der Waals surface area contributed by atoms with Crippen molar-refractivity contribution in [2.75, 3.05) is 13.1 Å². The van der Waals surface area contributed by atoms with Crippen LogP contribution in [0.1, 0.15) is 23.7 Å². The van der Waals surface area contributed by atoms with Gasteiger partial charge in [-0.2, -0.15) is 18.3 Å². The number of alkyl halides is 3. The molecule has 9 heteroatoms. The number of hydrogen-bond acceptors (Lipinski definition) is 4. The number of fused-ring (bicyclic) bond motifs is 1. The molecule has 0 aliphatic carbocycles. The van der Waals surface area contributed by atoms with Crippen molar-refractivity contribution in [1.82, 2.24) is 19.5 Å². The van der Waals surface area contributed by atoms with Crippen molar-refractivity contribution in [3.05, 3.63) is 90.4 Å². The summed E-state index contributed by atoms with van der Waals surface area (Å²) < 4.78 is 33.7. The minimum absolute atomic E-state index is 0.411. The Morgan fingerprint density at radius 2 is 1.62 bits per heavy atom. The molecule has 34 heavy (non-hydrogen) atoms. The van der Waals surface area contributed by atoms with Crippen LogP contribution in [-0.4, -0.2) is 49.8 Å². The molecule has 2 aromatic heterocycles.